The van der Waals surface area contributed by atoms with Gasteiger partial charge < -0.3 is 10.2 Å². The molecule has 0 saturated heterocycles. The Morgan fingerprint density at radius 2 is 2.31 bits per heavy atom. The minimum Gasteiger partial charge on any atom is -0.333 e. The molecule has 0 amide bonds. The third-order valence-electron chi connectivity index (χ3n) is 3.63. The molecule has 136 valence electrons. The summed E-state index contributed by atoms with van der Waals surface area (Å²) < 4.78 is 13.6. The lowest BCUT2D eigenvalue weighted by Gasteiger charge is -2.31. The zero-order chi connectivity index (χ0) is 19.1. The van der Waals surface area contributed by atoms with Crippen molar-refractivity contribution in [2.24, 2.45) is 15.2 Å². The van der Waals surface area contributed by atoms with Crippen LogP contribution in [0.3, 0.4) is 0 Å². The summed E-state index contributed by atoms with van der Waals surface area (Å²) in [5.74, 6) is -0.302. The van der Waals surface area contributed by atoms with Crippen LogP contribution in [-0.4, -0.2) is 43.5 Å². The summed E-state index contributed by atoms with van der Waals surface area (Å²) in [7, 11) is 3.55. The van der Waals surface area contributed by atoms with Crippen LogP contribution in [0.2, 0.25) is 0 Å². The van der Waals surface area contributed by atoms with Crippen LogP contribution < -0.4 is 5.32 Å². The van der Waals surface area contributed by atoms with Gasteiger partial charge in [0, 0.05) is 34.9 Å². The van der Waals surface area contributed by atoms with Gasteiger partial charge in [-0.05, 0) is 25.3 Å². The van der Waals surface area contributed by atoms with E-state index in [2.05, 4.69) is 27.1 Å². The molecule has 1 N–H and O–H groups in total. The predicted octanol–water partition coefficient (Wildman–Crippen LogP) is 3.42. The van der Waals surface area contributed by atoms with Gasteiger partial charge in [-0.25, -0.2) is 9.38 Å². The second kappa shape index (κ2) is 9.17. The Balaban J connectivity index is 2.32. The fourth-order valence-corrected chi connectivity index (χ4v) is 2.50. The Kier molecular flexibility index (Phi) is 6.94. The number of nitrogens with one attached hydrogen (secondary N) is 1. The number of amidine groups is 1. The lowest BCUT2D eigenvalue weighted by atomic mass is 10.1. The molecule has 1 atom stereocenters. The van der Waals surface area contributed by atoms with Crippen LogP contribution in [0.4, 0.5) is 4.39 Å². The van der Waals surface area contributed by atoms with Crippen molar-refractivity contribution in [1.29, 1.82) is 0 Å². The summed E-state index contributed by atoms with van der Waals surface area (Å²) in [4.78, 5) is 20.9. The molecule has 1 unspecified atom stereocenters. The Morgan fingerprint density at radius 1 is 1.54 bits per heavy atom. The van der Waals surface area contributed by atoms with Crippen LogP contribution >= 0.6 is 11.6 Å². The van der Waals surface area contributed by atoms with Gasteiger partial charge in [-0.3, -0.25) is 0 Å². The minimum absolute atomic E-state index is 0.247. The maximum absolute atomic E-state index is 13.6. The summed E-state index contributed by atoms with van der Waals surface area (Å²) in [6, 6.07) is 5.89. The second-order valence-corrected chi connectivity index (χ2v) is 5.88. The van der Waals surface area contributed by atoms with Crippen molar-refractivity contribution in [3.8, 4) is 0 Å². The molecule has 8 heteroatoms. The second-order valence-electron chi connectivity index (χ2n) is 5.48. The maximum atomic E-state index is 13.6. The van der Waals surface area contributed by atoms with Crippen molar-refractivity contribution in [3.05, 3.63) is 76.0 Å². The Labute approximate surface area is 156 Å². The smallest absolute Gasteiger partial charge is 0.290 e. The molecule has 1 heterocycles. The number of allylic oxidation sites excluding steroid dienone is 2. The van der Waals surface area contributed by atoms with Gasteiger partial charge in [-0.2, -0.15) is 4.99 Å². The zero-order valence-electron chi connectivity index (χ0n) is 14.5. The number of nitroso groups, excluding NO2 is 1. The highest BCUT2D eigenvalue weighted by Crippen LogP contribution is 2.25. The molecule has 1 aromatic rings. The molecule has 1 aliphatic heterocycles. The highest BCUT2D eigenvalue weighted by Gasteiger charge is 2.28. The largest absolute Gasteiger partial charge is 0.333 e. The van der Waals surface area contributed by atoms with Crippen LogP contribution in [0.5, 0.6) is 0 Å². The number of benzene rings is 1. The quantitative estimate of drug-likeness (QED) is 0.611. The van der Waals surface area contributed by atoms with Gasteiger partial charge in [0.1, 0.15) is 11.7 Å². The van der Waals surface area contributed by atoms with Crippen LogP contribution in [0.25, 0.3) is 0 Å². The van der Waals surface area contributed by atoms with Crippen LogP contribution in [0, 0.1) is 10.7 Å². The van der Waals surface area contributed by atoms with E-state index in [-0.39, 0.29) is 5.96 Å². The molecule has 26 heavy (non-hydrogen) atoms. The first-order valence-corrected chi connectivity index (χ1v) is 8.20. The third-order valence-corrected chi connectivity index (χ3v) is 4.00. The summed E-state index contributed by atoms with van der Waals surface area (Å²) in [5, 5.41) is 6.18. The molecule has 0 aromatic heterocycles. The Morgan fingerprint density at radius 3 is 2.96 bits per heavy atom. The number of hydrogen-bond donors (Lipinski definition) is 1. The highest BCUT2D eigenvalue weighted by molar-refractivity contribution is 6.32. The molecule has 2 rings (SSSR count). The van der Waals surface area contributed by atoms with Crippen LogP contribution in [-0.2, 0) is 0 Å². The van der Waals surface area contributed by atoms with Crippen molar-refractivity contribution in [3.63, 3.8) is 0 Å². The highest BCUT2D eigenvalue weighted by atomic mass is 35.5. The number of hydrogen-bond acceptors (Lipinski definition) is 6. The van der Waals surface area contributed by atoms with Gasteiger partial charge in [0.25, 0.3) is 5.96 Å². The van der Waals surface area contributed by atoms with Crippen molar-refractivity contribution in [2.45, 2.75) is 6.17 Å². The molecule has 6 nitrogen and oxygen atoms in total. The van der Waals surface area contributed by atoms with Gasteiger partial charge in [0.15, 0.2) is 6.17 Å². The number of guanidine groups is 1. The standard InChI is InChI=1S/C18H19ClFN5O/c1-12(15(19)9-4-5-10-21-2)16-22-18(24-26)23-17(25(16)3)13-7-6-8-14(20)11-13/h4-9,11,16,21H,1,10H2,2-3H3/b5-4+,15-9+. The van der Waals surface area contributed by atoms with Crippen molar-refractivity contribution < 1.29 is 4.39 Å². The van der Waals surface area contributed by atoms with Gasteiger partial charge in [-0.15, -0.1) is 4.91 Å². The van der Waals surface area contributed by atoms with Gasteiger partial charge in [-0.1, -0.05) is 42.5 Å². The van der Waals surface area contributed by atoms with E-state index >= 15 is 0 Å². The average Bonchev–Trinajstić information content (AvgIpc) is 2.64. The van der Waals surface area contributed by atoms with E-state index in [1.165, 1.54) is 12.1 Å². The predicted molar refractivity (Wildman–Crippen MR) is 104 cm³/mol. The Bertz CT molecular complexity index is 816. The molecule has 0 radical (unpaired) electrons. The normalized spacial score (nSPS) is 17.9. The number of nitrogens with zero attached hydrogens (tertiary/aromatic N) is 4. The van der Waals surface area contributed by atoms with Crippen LogP contribution in [0.15, 0.2) is 74.8 Å². The molecule has 0 spiro atoms. The lowest BCUT2D eigenvalue weighted by molar-refractivity contribution is 0.420. The van der Waals surface area contributed by atoms with E-state index in [1.807, 2.05) is 13.1 Å². The number of rotatable bonds is 6. The minimum atomic E-state index is -0.681. The van der Waals surface area contributed by atoms with E-state index < -0.39 is 12.0 Å². The lowest BCUT2D eigenvalue weighted by Crippen LogP contribution is -2.41. The summed E-state index contributed by atoms with van der Waals surface area (Å²) in [6.45, 7) is 4.67. The topological polar surface area (TPSA) is 69.4 Å². The molecular formula is C18H19ClFN5O. The summed E-state index contributed by atoms with van der Waals surface area (Å²) in [5.41, 5.74) is 0.962. The van der Waals surface area contributed by atoms with E-state index in [0.29, 0.717) is 28.5 Å². The van der Waals surface area contributed by atoms with Crippen molar-refractivity contribution in [2.75, 3.05) is 20.6 Å². The van der Waals surface area contributed by atoms with E-state index in [0.717, 1.165) is 0 Å². The molecule has 0 bridgehead atoms. The maximum Gasteiger partial charge on any atom is 0.290 e. The number of likely N-dealkylation sites (N-methyl/N-ethyl adjacent to an activating group) is 2. The van der Waals surface area contributed by atoms with Crippen LogP contribution in [0.1, 0.15) is 5.56 Å². The number of aliphatic imine (C=N–C) groups is 2. The third kappa shape index (κ3) is 4.71. The van der Waals surface area contributed by atoms with E-state index in [9.17, 15) is 9.30 Å². The molecule has 0 fully saturated rings. The van der Waals surface area contributed by atoms with Gasteiger partial charge >= 0.3 is 0 Å². The molecule has 1 aliphatic rings. The van der Waals surface area contributed by atoms with Gasteiger partial charge in [0.05, 0.1) is 0 Å². The SMILES string of the molecule is C=C(/C(Cl)=C\C=C\CNC)C1N=C(N=O)N=C(c2cccc(F)c2)N1C. The summed E-state index contributed by atoms with van der Waals surface area (Å²) in [6.07, 6.45) is 4.69. The molecule has 1 aromatic carbocycles. The average molecular weight is 376 g/mol. The first kappa shape index (κ1) is 19.7. The number of halogens is 2. The van der Waals surface area contributed by atoms with Crippen molar-refractivity contribution >= 4 is 23.4 Å². The fourth-order valence-electron chi connectivity index (χ4n) is 2.33. The molecule has 0 aliphatic carbocycles. The van der Waals surface area contributed by atoms with E-state index in [1.54, 1.807) is 36.2 Å². The Hall–Kier alpha value is -2.64. The molecule has 0 saturated carbocycles. The first-order chi connectivity index (χ1) is 12.5. The first-order valence-electron chi connectivity index (χ1n) is 7.82. The van der Waals surface area contributed by atoms with Crippen molar-refractivity contribution in [1.82, 2.24) is 10.2 Å². The van der Waals surface area contributed by atoms with Gasteiger partial charge in [0.2, 0.25) is 0 Å². The molecular weight excluding hydrogens is 357 g/mol. The van der Waals surface area contributed by atoms with E-state index in [4.69, 9.17) is 11.6 Å². The zero-order valence-corrected chi connectivity index (χ0v) is 15.2. The monoisotopic (exact) mass is 375 g/mol. The fraction of sp³-hybridized carbons (Fsp3) is 0.222. The summed E-state index contributed by atoms with van der Waals surface area (Å²) >= 11 is 6.30.